The zero-order valence-corrected chi connectivity index (χ0v) is 19.0. The number of nitrogens with zero attached hydrogens (tertiary/aromatic N) is 4. The Balaban J connectivity index is 1.07. The lowest BCUT2D eigenvalue weighted by atomic mass is 10.1. The third-order valence-electron chi connectivity index (χ3n) is 5.91. The maximum absolute atomic E-state index is 12.5. The lowest BCUT2D eigenvalue weighted by Crippen LogP contribution is -2.24. The monoisotopic (exact) mass is 441 g/mol. The molecule has 4 rings (SSSR count). The van der Waals surface area contributed by atoms with Gasteiger partial charge in [-0.2, -0.15) is 0 Å². The van der Waals surface area contributed by atoms with Crippen molar-refractivity contribution in [1.82, 2.24) is 25.3 Å². The molecule has 0 unspecified atom stereocenters. The fourth-order valence-electron chi connectivity index (χ4n) is 4.12. The van der Waals surface area contributed by atoms with Crippen LogP contribution in [0.4, 0.5) is 0 Å². The van der Waals surface area contributed by atoms with Crippen molar-refractivity contribution in [2.24, 2.45) is 0 Å². The van der Waals surface area contributed by atoms with E-state index in [1.54, 1.807) is 12.3 Å². The number of nitrogens with one attached hydrogen (secondary N) is 1. The van der Waals surface area contributed by atoms with Gasteiger partial charge < -0.3 is 5.32 Å². The quantitative estimate of drug-likeness (QED) is 0.294. The van der Waals surface area contributed by atoms with Gasteiger partial charge in [-0.25, -0.2) is 4.68 Å². The minimum atomic E-state index is -0.0159. The number of pyridine rings is 1. The molecule has 0 atom stereocenters. The fraction of sp³-hybridized carbons (Fsp3) is 0.333. The summed E-state index contributed by atoms with van der Waals surface area (Å²) in [4.78, 5) is 16.8. The smallest absolute Gasteiger partial charge is 0.252 e. The number of unbranched alkanes of at least 4 members (excludes halogenated alkanes) is 6. The van der Waals surface area contributed by atoms with E-state index in [4.69, 9.17) is 0 Å². The van der Waals surface area contributed by atoms with Gasteiger partial charge in [0.05, 0.1) is 28.7 Å². The predicted octanol–water partition coefficient (Wildman–Crippen LogP) is 5.52. The third kappa shape index (κ3) is 6.25. The van der Waals surface area contributed by atoms with Crippen molar-refractivity contribution >= 4 is 16.8 Å². The molecule has 2 aromatic heterocycles. The summed E-state index contributed by atoms with van der Waals surface area (Å²) in [5.41, 5.74) is 3.78. The van der Waals surface area contributed by atoms with Gasteiger partial charge in [-0.15, -0.1) is 5.10 Å². The van der Waals surface area contributed by atoms with Crippen molar-refractivity contribution in [2.45, 2.75) is 51.4 Å². The first-order chi connectivity index (χ1) is 16.3. The second kappa shape index (κ2) is 11.9. The largest absolute Gasteiger partial charge is 0.352 e. The summed E-state index contributed by atoms with van der Waals surface area (Å²) in [5, 5.41) is 12.3. The SMILES string of the molecule is O=C(NCCCCCCCCCc1cnnn1-c1ccccc1)c1ccnc2ccccc12. The Kier molecular flexibility index (Phi) is 8.17. The minimum absolute atomic E-state index is 0.0159. The molecule has 6 heteroatoms. The molecule has 6 nitrogen and oxygen atoms in total. The molecule has 0 aliphatic heterocycles. The average molecular weight is 442 g/mol. The van der Waals surface area contributed by atoms with Gasteiger partial charge in [0.1, 0.15) is 0 Å². The van der Waals surface area contributed by atoms with Crippen LogP contribution in [0.3, 0.4) is 0 Å². The molecule has 0 fully saturated rings. The van der Waals surface area contributed by atoms with Gasteiger partial charge in [0.25, 0.3) is 5.91 Å². The second-order valence-electron chi connectivity index (χ2n) is 8.33. The first-order valence-electron chi connectivity index (χ1n) is 11.9. The van der Waals surface area contributed by atoms with E-state index in [-0.39, 0.29) is 5.91 Å². The van der Waals surface area contributed by atoms with E-state index in [1.165, 1.54) is 31.4 Å². The van der Waals surface area contributed by atoms with Gasteiger partial charge in [-0.3, -0.25) is 9.78 Å². The highest BCUT2D eigenvalue weighted by molar-refractivity contribution is 6.05. The highest BCUT2D eigenvalue weighted by Gasteiger charge is 2.09. The molecule has 0 saturated carbocycles. The zero-order valence-electron chi connectivity index (χ0n) is 19.0. The summed E-state index contributed by atoms with van der Waals surface area (Å²) >= 11 is 0. The Morgan fingerprint density at radius 1 is 0.818 bits per heavy atom. The molecule has 2 aromatic carbocycles. The van der Waals surface area contributed by atoms with E-state index >= 15 is 0 Å². The van der Waals surface area contributed by atoms with Gasteiger partial charge in [0.15, 0.2) is 0 Å². The average Bonchev–Trinajstić information content (AvgIpc) is 3.34. The number of hydrogen-bond acceptors (Lipinski definition) is 4. The van der Waals surface area contributed by atoms with Crippen LogP contribution in [-0.4, -0.2) is 32.4 Å². The molecule has 33 heavy (non-hydrogen) atoms. The molecule has 4 aromatic rings. The van der Waals surface area contributed by atoms with E-state index < -0.39 is 0 Å². The number of aryl methyl sites for hydroxylation is 1. The summed E-state index contributed by atoms with van der Waals surface area (Å²) < 4.78 is 1.93. The highest BCUT2D eigenvalue weighted by atomic mass is 16.1. The van der Waals surface area contributed by atoms with E-state index in [0.717, 1.165) is 42.3 Å². The van der Waals surface area contributed by atoms with Crippen LogP contribution in [0.2, 0.25) is 0 Å². The van der Waals surface area contributed by atoms with Crippen LogP contribution >= 0.6 is 0 Å². The van der Waals surface area contributed by atoms with Crippen LogP contribution in [0, 0.1) is 0 Å². The maximum atomic E-state index is 12.5. The normalized spacial score (nSPS) is 11.0. The van der Waals surface area contributed by atoms with Gasteiger partial charge in [-0.1, -0.05) is 73.7 Å². The number of hydrogen-bond donors (Lipinski definition) is 1. The standard InChI is InChI=1S/C27H31N5O/c33-27(25-18-20-28-26-17-11-10-16-24(25)26)29-19-12-5-3-1-2-4-7-15-23-21-30-31-32(23)22-13-8-6-9-14-22/h6,8-11,13-14,16-18,20-21H,1-5,7,12,15,19H2,(H,29,33). The van der Waals surface area contributed by atoms with Crippen molar-refractivity contribution in [2.75, 3.05) is 6.54 Å². The third-order valence-corrected chi connectivity index (χ3v) is 5.91. The number of aromatic nitrogens is 4. The van der Waals surface area contributed by atoms with E-state index in [9.17, 15) is 4.79 Å². The van der Waals surface area contributed by atoms with Crippen LogP contribution in [0.15, 0.2) is 73.1 Å². The summed E-state index contributed by atoms with van der Waals surface area (Å²) in [5.74, 6) is -0.0159. The number of para-hydroxylation sites is 2. The Labute approximate surface area is 195 Å². The predicted molar refractivity (Wildman–Crippen MR) is 131 cm³/mol. The molecule has 0 bridgehead atoms. The molecule has 0 radical (unpaired) electrons. The van der Waals surface area contributed by atoms with Crippen molar-refractivity contribution in [3.63, 3.8) is 0 Å². The molecule has 1 amide bonds. The van der Waals surface area contributed by atoms with Crippen LogP contribution < -0.4 is 5.32 Å². The molecule has 0 spiro atoms. The number of amides is 1. The zero-order chi connectivity index (χ0) is 22.7. The van der Waals surface area contributed by atoms with Crippen LogP contribution in [0.25, 0.3) is 16.6 Å². The Morgan fingerprint density at radius 3 is 2.39 bits per heavy atom. The molecule has 0 saturated heterocycles. The lowest BCUT2D eigenvalue weighted by molar-refractivity contribution is 0.0954. The van der Waals surface area contributed by atoms with Crippen molar-refractivity contribution < 1.29 is 4.79 Å². The topological polar surface area (TPSA) is 72.7 Å². The number of benzene rings is 2. The van der Waals surface area contributed by atoms with Crippen molar-refractivity contribution in [3.8, 4) is 5.69 Å². The molecule has 0 aliphatic carbocycles. The van der Waals surface area contributed by atoms with E-state index in [0.29, 0.717) is 12.1 Å². The van der Waals surface area contributed by atoms with Crippen LogP contribution in [0.1, 0.15) is 61.0 Å². The second-order valence-corrected chi connectivity index (χ2v) is 8.33. The first-order valence-corrected chi connectivity index (χ1v) is 11.9. The van der Waals surface area contributed by atoms with Gasteiger partial charge in [0, 0.05) is 18.1 Å². The van der Waals surface area contributed by atoms with E-state index in [1.807, 2.05) is 53.3 Å². The fourth-order valence-corrected chi connectivity index (χ4v) is 4.12. The van der Waals surface area contributed by atoms with Crippen LogP contribution in [0.5, 0.6) is 0 Å². The summed E-state index contributed by atoms with van der Waals surface area (Å²) in [6, 6.07) is 19.7. The Morgan fingerprint density at radius 2 is 1.55 bits per heavy atom. The van der Waals surface area contributed by atoms with Crippen molar-refractivity contribution in [3.05, 3.63) is 84.3 Å². The summed E-state index contributed by atoms with van der Waals surface area (Å²) in [7, 11) is 0. The Bertz CT molecular complexity index is 1150. The molecule has 2 heterocycles. The number of fused-ring (bicyclic) bond motifs is 1. The molecular formula is C27H31N5O. The van der Waals surface area contributed by atoms with Gasteiger partial charge in [0.2, 0.25) is 0 Å². The molecular weight excluding hydrogens is 410 g/mol. The lowest BCUT2D eigenvalue weighted by Gasteiger charge is -2.08. The number of carbonyl (C=O) groups is 1. The van der Waals surface area contributed by atoms with Gasteiger partial charge in [-0.05, 0) is 43.5 Å². The number of carbonyl (C=O) groups excluding carboxylic acids is 1. The Hall–Kier alpha value is -3.54. The highest BCUT2D eigenvalue weighted by Crippen LogP contribution is 2.16. The van der Waals surface area contributed by atoms with Gasteiger partial charge >= 0.3 is 0 Å². The minimum Gasteiger partial charge on any atom is -0.352 e. The number of rotatable bonds is 12. The van der Waals surface area contributed by atoms with Crippen LogP contribution in [-0.2, 0) is 6.42 Å². The summed E-state index contributed by atoms with van der Waals surface area (Å²) in [6.45, 7) is 0.714. The molecule has 0 aliphatic rings. The summed E-state index contributed by atoms with van der Waals surface area (Å²) in [6.07, 6.45) is 12.8. The maximum Gasteiger partial charge on any atom is 0.252 e. The van der Waals surface area contributed by atoms with Crippen molar-refractivity contribution in [1.29, 1.82) is 0 Å². The first kappa shape index (κ1) is 22.6. The molecule has 170 valence electrons. The van der Waals surface area contributed by atoms with E-state index in [2.05, 4.69) is 32.7 Å². The molecule has 1 N–H and O–H groups in total.